The molecule has 2 rings (SSSR count). The van der Waals surface area contributed by atoms with Crippen molar-refractivity contribution < 1.29 is 9.53 Å². The molecule has 0 radical (unpaired) electrons. The van der Waals surface area contributed by atoms with Crippen LogP contribution in [0.15, 0.2) is 47.1 Å². The largest absolute Gasteiger partial charge is 0.438 e. The van der Waals surface area contributed by atoms with E-state index in [0.29, 0.717) is 17.2 Å². The Morgan fingerprint density at radius 3 is 2.56 bits per heavy atom. The number of carbonyl (C=O) groups is 1. The third kappa shape index (κ3) is 2.46. The van der Waals surface area contributed by atoms with Crippen LogP contribution in [0, 0.1) is 0 Å². The number of rotatable bonds is 3. The Morgan fingerprint density at radius 2 is 1.94 bits per heavy atom. The van der Waals surface area contributed by atoms with Crippen molar-refractivity contribution in [2.45, 2.75) is 0 Å². The Balaban J connectivity index is 2.21. The Morgan fingerprint density at radius 1 is 1.19 bits per heavy atom. The second kappa shape index (κ2) is 4.90. The summed E-state index contributed by atoms with van der Waals surface area (Å²) in [6, 6.07) is 10.5. The fraction of sp³-hybridized carbons (Fsp3) is 0. The standard InChI is InChI=1S/C12H8BrNO2/c13-11-2-1-7-14-12(11)16-10-5-3-9(8-15)4-6-10/h1-8H. The summed E-state index contributed by atoms with van der Waals surface area (Å²) in [7, 11) is 0. The molecule has 0 amide bonds. The van der Waals surface area contributed by atoms with E-state index in [4.69, 9.17) is 4.74 Å². The first-order chi connectivity index (χ1) is 7.79. The zero-order chi connectivity index (χ0) is 11.4. The third-order valence-corrected chi connectivity index (χ3v) is 2.56. The zero-order valence-electron chi connectivity index (χ0n) is 8.26. The fourth-order valence-corrected chi connectivity index (χ4v) is 1.51. The van der Waals surface area contributed by atoms with E-state index in [1.807, 2.05) is 12.1 Å². The molecular formula is C12H8BrNO2. The summed E-state index contributed by atoms with van der Waals surface area (Å²) in [6.45, 7) is 0. The normalized spacial score (nSPS) is 9.81. The van der Waals surface area contributed by atoms with E-state index in [2.05, 4.69) is 20.9 Å². The van der Waals surface area contributed by atoms with E-state index in [9.17, 15) is 4.79 Å². The van der Waals surface area contributed by atoms with Crippen LogP contribution in [0.3, 0.4) is 0 Å². The number of aromatic nitrogens is 1. The molecule has 16 heavy (non-hydrogen) atoms. The summed E-state index contributed by atoms with van der Waals surface area (Å²) in [5.74, 6) is 1.14. The highest BCUT2D eigenvalue weighted by Gasteiger charge is 2.02. The van der Waals surface area contributed by atoms with Gasteiger partial charge in [-0.3, -0.25) is 4.79 Å². The lowest BCUT2D eigenvalue weighted by Gasteiger charge is -2.05. The van der Waals surface area contributed by atoms with Gasteiger partial charge in [-0.25, -0.2) is 4.98 Å². The highest BCUT2D eigenvalue weighted by molar-refractivity contribution is 9.10. The second-order valence-corrected chi connectivity index (χ2v) is 3.93. The second-order valence-electron chi connectivity index (χ2n) is 3.08. The Bertz CT molecular complexity index is 497. The maximum Gasteiger partial charge on any atom is 0.233 e. The van der Waals surface area contributed by atoms with Crippen molar-refractivity contribution in [3.05, 3.63) is 52.6 Å². The molecule has 0 aliphatic carbocycles. The molecule has 0 saturated heterocycles. The highest BCUT2D eigenvalue weighted by Crippen LogP contribution is 2.26. The molecule has 2 aromatic rings. The maximum absolute atomic E-state index is 10.5. The summed E-state index contributed by atoms with van der Waals surface area (Å²) in [4.78, 5) is 14.5. The summed E-state index contributed by atoms with van der Waals surface area (Å²) in [5, 5.41) is 0. The van der Waals surface area contributed by atoms with Crippen LogP contribution in [0.25, 0.3) is 0 Å². The first-order valence-corrected chi connectivity index (χ1v) is 5.42. The predicted molar refractivity (Wildman–Crippen MR) is 63.8 cm³/mol. The molecule has 1 aromatic heterocycles. The molecule has 0 spiro atoms. The highest BCUT2D eigenvalue weighted by atomic mass is 79.9. The summed E-state index contributed by atoms with van der Waals surface area (Å²) in [5.41, 5.74) is 0.618. The summed E-state index contributed by atoms with van der Waals surface area (Å²) >= 11 is 3.34. The van der Waals surface area contributed by atoms with Crippen LogP contribution in [0.5, 0.6) is 11.6 Å². The van der Waals surface area contributed by atoms with Crippen LogP contribution in [0.4, 0.5) is 0 Å². The molecule has 4 heteroatoms. The van der Waals surface area contributed by atoms with Crippen molar-refractivity contribution in [2.75, 3.05) is 0 Å². The molecule has 0 bridgehead atoms. The first kappa shape index (κ1) is 10.8. The SMILES string of the molecule is O=Cc1ccc(Oc2ncccc2Br)cc1. The molecule has 1 aromatic carbocycles. The van der Waals surface area contributed by atoms with Gasteiger partial charge in [0, 0.05) is 11.8 Å². The molecule has 0 unspecified atom stereocenters. The van der Waals surface area contributed by atoms with Crippen LogP contribution in [0.2, 0.25) is 0 Å². The van der Waals surface area contributed by atoms with Gasteiger partial charge >= 0.3 is 0 Å². The van der Waals surface area contributed by atoms with Crippen LogP contribution < -0.4 is 4.74 Å². The van der Waals surface area contributed by atoms with E-state index < -0.39 is 0 Å². The smallest absolute Gasteiger partial charge is 0.233 e. The van der Waals surface area contributed by atoms with Crippen molar-refractivity contribution >= 4 is 22.2 Å². The molecule has 0 aliphatic heterocycles. The monoisotopic (exact) mass is 277 g/mol. The molecule has 1 heterocycles. The Kier molecular flexibility index (Phi) is 3.31. The molecule has 3 nitrogen and oxygen atoms in total. The summed E-state index contributed by atoms with van der Waals surface area (Å²) in [6.07, 6.45) is 2.44. The molecule has 0 aliphatic rings. The number of aldehydes is 1. The number of carbonyl (C=O) groups excluding carboxylic acids is 1. The fourth-order valence-electron chi connectivity index (χ4n) is 1.17. The Labute approximate surface area is 101 Å². The number of ether oxygens (including phenoxy) is 1. The quantitative estimate of drug-likeness (QED) is 0.807. The maximum atomic E-state index is 10.5. The minimum atomic E-state index is 0.501. The summed E-state index contributed by atoms with van der Waals surface area (Å²) < 4.78 is 6.32. The minimum Gasteiger partial charge on any atom is -0.438 e. The Hall–Kier alpha value is -1.68. The lowest BCUT2D eigenvalue weighted by molar-refractivity contribution is 0.112. The average Bonchev–Trinajstić information content (AvgIpc) is 2.33. The number of pyridine rings is 1. The number of hydrogen-bond donors (Lipinski definition) is 0. The molecule has 80 valence electrons. The van der Waals surface area contributed by atoms with Gasteiger partial charge in [0.05, 0.1) is 4.47 Å². The van der Waals surface area contributed by atoms with Gasteiger partial charge < -0.3 is 4.74 Å². The van der Waals surface area contributed by atoms with E-state index >= 15 is 0 Å². The molecule has 0 atom stereocenters. The van der Waals surface area contributed by atoms with Crippen molar-refractivity contribution in [1.29, 1.82) is 0 Å². The van der Waals surface area contributed by atoms with Gasteiger partial charge in [-0.1, -0.05) is 0 Å². The van der Waals surface area contributed by atoms with Crippen LogP contribution >= 0.6 is 15.9 Å². The van der Waals surface area contributed by atoms with E-state index in [1.165, 1.54) is 0 Å². The molecular weight excluding hydrogens is 270 g/mol. The van der Waals surface area contributed by atoms with Gasteiger partial charge in [0.2, 0.25) is 5.88 Å². The molecule has 0 N–H and O–H groups in total. The van der Waals surface area contributed by atoms with E-state index in [0.717, 1.165) is 10.8 Å². The van der Waals surface area contributed by atoms with Gasteiger partial charge in [0.1, 0.15) is 12.0 Å². The van der Waals surface area contributed by atoms with Crippen molar-refractivity contribution in [3.63, 3.8) is 0 Å². The van der Waals surface area contributed by atoms with Crippen LogP contribution in [0.1, 0.15) is 10.4 Å². The lowest BCUT2D eigenvalue weighted by Crippen LogP contribution is -1.88. The third-order valence-electron chi connectivity index (χ3n) is 1.96. The first-order valence-electron chi connectivity index (χ1n) is 4.63. The van der Waals surface area contributed by atoms with Gasteiger partial charge in [0.15, 0.2) is 0 Å². The van der Waals surface area contributed by atoms with Crippen molar-refractivity contribution in [1.82, 2.24) is 4.98 Å². The van der Waals surface area contributed by atoms with Crippen molar-refractivity contribution in [2.24, 2.45) is 0 Å². The van der Waals surface area contributed by atoms with Crippen molar-refractivity contribution in [3.8, 4) is 11.6 Å². The number of benzene rings is 1. The predicted octanol–water partition coefficient (Wildman–Crippen LogP) is 3.45. The molecule has 0 fully saturated rings. The minimum absolute atomic E-state index is 0.501. The average molecular weight is 278 g/mol. The molecule has 0 saturated carbocycles. The number of nitrogens with zero attached hydrogens (tertiary/aromatic N) is 1. The topological polar surface area (TPSA) is 39.2 Å². The lowest BCUT2D eigenvalue weighted by atomic mass is 10.2. The number of halogens is 1. The van der Waals surface area contributed by atoms with E-state index in [-0.39, 0.29) is 0 Å². The van der Waals surface area contributed by atoms with Gasteiger partial charge in [-0.2, -0.15) is 0 Å². The van der Waals surface area contributed by atoms with Crippen LogP contribution in [-0.4, -0.2) is 11.3 Å². The van der Waals surface area contributed by atoms with Gasteiger partial charge in [-0.15, -0.1) is 0 Å². The van der Waals surface area contributed by atoms with Gasteiger partial charge in [-0.05, 0) is 52.3 Å². The zero-order valence-corrected chi connectivity index (χ0v) is 9.85. The van der Waals surface area contributed by atoms with E-state index in [1.54, 1.807) is 30.5 Å². The van der Waals surface area contributed by atoms with Crippen LogP contribution in [-0.2, 0) is 0 Å². The number of hydrogen-bond acceptors (Lipinski definition) is 3. The van der Waals surface area contributed by atoms with Gasteiger partial charge in [0.25, 0.3) is 0 Å².